The van der Waals surface area contributed by atoms with Crippen LogP contribution in [-0.2, 0) is 4.79 Å². The smallest absolute Gasteiger partial charge is 0.210 e. The number of nitrogens with one attached hydrogen (secondary N) is 1. The van der Waals surface area contributed by atoms with Crippen molar-refractivity contribution in [2.75, 3.05) is 11.9 Å². The van der Waals surface area contributed by atoms with Crippen LogP contribution in [0.25, 0.3) is 0 Å². The zero-order valence-electron chi connectivity index (χ0n) is 11.2. The third-order valence-electron chi connectivity index (χ3n) is 4.31. The van der Waals surface area contributed by atoms with Gasteiger partial charge in [-0.25, -0.2) is 4.98 Å². The van der Waals surface area contributed by atoms with Crippen molar-refractivity contribution in [3.8, 4) is 0 Å². The van der Waals surface area contributed by atoms with E-state index in [1.165, 1.54) is 25.7 Å². The monoisotopic (exact) mass is 259 g/mol. The number of anilines is 1. The second-order valence-corrected chi connectivity index (χ2v) is 5.60. The van der Waals surface area contributed by atoms with E-state index < -0.39 is 0 Å². The van der Waals surface area contributed by atoms with Crippen molar-refractivity contribution in [1.82, 2.24) is 9.88 Å². The third-order valence-corrected chi connectivity index (χ3v) is 4.31. The first-order valence-electron chi connectivity index (χ1n) is 7.30. The van der Waals surface area contributed by atoms with Crippen LogP contribution in [-0.4, -0.2) is 28.9 Å². The highest BCUT2D eigenvalue weighted by molar-refractivity contribution is 5.50. The lowest BCUT2D eigenvalue weighted by molar-refractivity contribution is -0.118. The molecule has 1 amide bonds. The summed E-state index contributed by atoms with van der Waals surface area (Å²) in [6, 6.07) is 4.98. The van der Waals surface area contributed by atoms with Gasteiger partial charge < -0.3 is 10.2 Å². The van der Waals surface area contributed by atoms with Gasteiger partial charge in [0, 0.05) is 18.8 Å². The molecule has 1 saturated carbocycles. The average molecular weight is 259 g/mol. The van der Waals surface area contributed by atoms with Crippen molar-refractivity contribution in [3.63, 3.8) is 0 Å². The maximum absolute atomic E-state index is 11.0. The number of hydrogen-bond donors (Lipinski definition) is 1. The van der Waals surface area contributed by atoms with Crippen molar-refractivity contribution in [2.45, 2.75) is 50.6 Å². The summed E-state index contributed by atoms with van der Waals surface area (Å²) >= 11 is 0. The van der Waals surface area contributed by atoms with E-state index in [-0.39, 0.29) is 6.04 Å². The molecule has 102 valence electrons. The molecule has 1 saturated heterocycles. The van der Waals surface area contributed by atoms with Crippen LogP contribution in [0, 0.1) is 0 Å². The fourth-order valence-electron chi connectivity index (χ4n) is 3.24. The first-order valence-corrected chi connectivity index (χ1v) is 7.30. The predicted molar refractivity (Wildman–Crippen MR) is 74.9 cm³/mol. The van der Waals surface area contributed by atoms with Crippen LogP contribution in [0.15, 0.2) is 18.3 Å². The molecule has 1 N–H and O–H groups in total. The fourth-order valence-corrected chi connectivity index (χ4v) is 3.24. The molecule has 4 heteroatoms. The van der Waals surface area contributed by atoms with Gasteiger partial charge in [0.25, 0.3) is 0 Å². The summed E-state index contributed by atoms with van der Waals surface area (Å²) in [6.45, 7) is 0.871. The second kappa shape index (κ2) is 5.59. The number of hydrogen-bond acceptors (Lipinski definition) is 3. The highest BCUT2D eigenvalue weighted by atomic mass is 16.1. The zero-order chi connectivity index (χ0) is 13.1. The number of carbonyl (C=O) groups is 1. The van der Waals surface area contributed by atoms with Crippen LogP contribution in [0.2, 0.25) is 0 Å². The Labute approximate surface area is 114 Å². The Morgan fingerprint density at radius 1 is 1.21 bits per heavy atom. The second-order valence-electron chi connectivity index (χ2n) is 5.60. The molecule has 19 heavy (non-hydrogen) atoms. The van der Waals surface area contributed by atoms with E-state index in [1.807, 2.05) is 11.1 Å². The summed E-state index contributed by atoms with van der Waals surface area (Å²) in [7, 11) is 0. The van der Waals surface area contributed by atoms with E-state index in [0.717, 1.165) is 37.2 Å². The van der Waals surface area contributed by atoms with Gasteiger partial charge in [-0.15, -0.1) is 0 Å². The van der Waals surface area contributed by atoms with Crippen LogP contribution >= 0.6 is 0 Å². The van der Waals surface area contributed by atoms with E-state index >= 15 is 0 Å². The van der Waals surface area contributed by atoms with Crippen LogP contribution < -0.4 is 5.32 Å². The Hall–Kier alpha value is -1.58. The van der Waals surface area contributed by atoms with Crippen LogP contribution in [0.3, 0.4) is 0 Å². The Balaban J connectivity index is 1.66. The molecule has 0 bridgehead atoms. The molecule has 1 atom stereocenters. The first kappa shape index (κ1) is 12.5. The highest BCUT2D eigenvalue weighted by Crippen LogP contribution is 2.30. The molecule has 0 aromatic carbocycles. The van der Waals surface area contributed by atoms with Gasteiger partial charge in [-0.1, -0.05) is 18.9 Å². The maximum Gasteiger partial charge on any atom is 0.210 e. The van der Waals surface area contributed by atoms with Crippen LogP contribution in [0.5, 0.6) is 0 Å². The lowest BCUT2D eigenvalue weighted by Crippen LogP contribution is -2.21. The zero-order valence-corrected chi connectivity index (χ0v) is 11.2. The molecule has 1 aromatic heterocycles. The van der Waals surface area contributed by atoms with Gasteiger partial charge in [0.05, 0.1) is 6.04 Å². The van der Waals surface area contributed by atoms with Crippen molar-refractivity contribution in [1.29, 1.82) is 0 Å². The van der Waals surface area contributed by atoms with E-state index in [9.17, 15) is 4.79 Å². The number of likely N-dealkylation sites (tertiary alicyclic amines) is 1. The van der Waals surface area contributed by atoms with Crippen LogP contribution in [0.4, 0.5) is 5.82 Å². The van der Waals surface area contributed by atoms with Gasteiger partial charge in [0.15, 0.2) is 0 Å². The quantitative estimate of drug-likeness (QED) is 0.846. The Morgan fingerprint density at radius 2 is 2.05 bits per heavy atom. The minimum absolute atomic E-state index is 0.227. The summed E-state index contributed by atoms with van der Waals surface area (Å²) in [5.74, 6) is 0.964. The van der Waals surface area contributed by atoms with Crippen molar-refractivity contribution >= 4 is 12.2 Å². The molecular formula is C15H21N3O. The molecular weight excluding hydrogens is 238 g/mol. The van der Waals surface area contributed by atoms with E-state index in [0.29, 0.717) is 6.04 Å². The standard InChI is InChI=1S/C15H21N3O/c19-11-18-9-3-6-14(18)12-7-8-15(16-10-12)17-13-4-1-2-5-13/h7-8,10-11,13-14H,1-6,9H2,(H,16,17). The number of rotatable bonds is 4. The van der Waals surface area contributed by atoms with Gasteiger partial charge >= 0.3 is 0 Å². The maximum atomic E-state index is 11.0. The number of carbonyl (C=O) groups excluding carboxylic acids is 1. The lowest BCUT2D eigenvalue weighted by Gasteiger charge is -2.20. The van der Waals surface area contributed by atoms with E-state index in [1.54, 1.807) is 0 Å². The molecule has 3 rings (SSSR count). The van der Waals surface area contributed by atoms with Gasteiger partial charge in [0.2, 0.25) is 6.41 Å². The normalized spacial score (nSPS) is 23.8. The van der Waals surface area contributed by atoms with Gasteiger partial charge in [-0.2, -0.15) is 0 Å². The molecule has 2 aliphatic rings. The number of nitrogens with zero attached hydrogens (tertiary/aromatic N) is 2. The Kier molecular flexibility index (Phi) is 3.67. The van der Waals surface area contributed by atoms with Crippen molar-refractivity contribution < 1.29 is 4.79 Å². The highest BCUT2D eigenvalue weighted by Gasteiger charge is 2.24. The number of amides is 1. The van der Waals surface area contributed by atoms with E-state index in [2.05, 4.69) is 22.4 Å². The number of pyridine rings is 1. The molecule has 1 aliphatic carbocycles. The van der Waals surface area contributed by atoms with Gasteiger partial charge in [-0.3, -0.25) is 4.79 Å². The molecule has 4 nitrogen and oxygen atoms in total. The Bertz CT molecular complexity index is 426. The molecule has 0 radical (unpaired) electrons. The largest absolute Gasteiger partial charge is 0.367 e. The van der Waals surface area contributed by atoms with Crippen molar-refractivity contribution in [2.24, 2.45) is 0 Å². The lowest BCUT2D eigenvalue weighted by atomic mass is 10.1. The van der Waals surface area contributed by atoms with Crippen molar-refractivity contribution in [3.05, 3.63) is 23.9 Å². The summed E-state index contributed by atoms with van der Waals surface area (Å²) in [5, 5.41) is 3.49. The topological polar surface area (TPSA) is 45.2 Å². The first-order chi connectivity index (χ1) is 9.36. The molecule has 2 heterocycles. The fraction of sp³-hybridized carbons (Fsp3) is 0.600. The number of aromatic nitrogens is 1. The molecule has 2 fully saturated rings. The molecule has 0 spiro atoms. The predicted octanol–water partition coefficient (Wildman–Crippen LogP) is 2.73. The minimum atomic E-state index is 0.227. The summed E-state index contributed by atoms with van der Waals surface area (Å²) < 4.78 is 0. The minimum Gasteiger partial charge on any atom is -0.367 e. The van der Waals surface area contributed by atoms with Gasteiger partial charge in [0.1, 0.15) is 5.82 Å². The summed E-state index contributed by atoms with van der Waals surface area (Å²) in [5.41, 5.74) is 1.15. The van der Waals surface area contributed by atoms with E-state index in [4.69, 9.17) is 0 Å². The van der Waals surface area contributed by atoms with Crippen LogP contribution in [0.1, 0.15) is 50.1 Å². The van der Waals surface area contributed by atoms with Gasteiger partial charge in [-0.05, 0) is 37.3 Å². The summed E-state index contributed by atoms with van der Waals surface area (Å²) in [4.78, 5) is 17.4. The molecule has 1 aliphatic heterocycles. The molecule has 1 aromatic rings. The average Bonchev–Trinajstić information content (AvgIpc) is 3.10. The summed E-state index contributed by atoms with van der Waals surface area (Å²) in [6.07, 6.45) is 10.2. The SMILES string of the molecule is O=CN1CCCC1c1ccc(NC2CCCC2)nc1. The third kappa shape index (κ3) is 2.72. The molecule has 1 unspecified atom stereocenters. The Morgan fingerprint density at radius 3 is 2.74 bits per heavy atom.